The van der Waals surface area contributed by atoms with Gasteiger partial charge in [0, 0.05) is 25.0 Å². The van der Waals surface area contributed by atoms with Crippen molar-refractivity contribution >= 4 is 39.0 Å². The molecule has 1 aromatic heterocycles. The Kier molecular flexibility index (Phi) is 7.69. The van der Waals surface area contributed by atoms with Crippen molar-refractivity contribution in [3.8, 4) is 0 Å². The highest BCUT2D eigenvalue weighted by molar-refractivity contribution is 7.85. The van der Waals surface area contributed by atoms with Crippen LogP contribution in [0.1, 0.15) is 45.8 Å². The first kappa shape index (κ1) is 27.8. The zero-order valence-corrected chi connectivity index (χ0v) is 21.5. The molecule has 2 N–H and O–H groups in total. The quantitative estimate of drug-likeness (QED) is 0.279. The van der Waals surface area contributed by atoms with Crippen LogP contribution in [0.5, 0.6) is 0 Å². The third kappa shape index (κ3) is 5.92. The number of aryl methyl sites for hydroxylation is 1. The first-order chi connectivity index (χ1) is 17.8. The summed E-state index contributed by atoms with van der Waals surface area (Å²) in [6, 6.07) is 9.02. The Morgan fingerprint density at radius 2 is 1.76 bits per heavy atom. The van der Waals surface area contributed by atoms with E-state index in [-0.39, 0.29) is 28.7 Å². The second-order valence-electron chi connectivity index (χ2n) is 8.91. The molecule has 0 bridgehead atoms. The second kappa shape index (κ2) is 10.5. The number of nitrogens with one attached hydrogen (secondary N) is 1. The number of hydrogen-bond acceptors (Lipinski definition) is 5. The minimum atomic E-state index is -4.91. The lowest BCUT2D eigenvalue weighted by Gasteiger charge is -2.33. The van der Waals surface area contributed by atoms with Crippen molar-refractivity contribution in [1.29, 1.82) is 0 Å². The van der Waals surface area contributed by atoms with E-state index in [4.69, 9.17) is 11.6 Å². The number of rotatable bonds is 5. The van der Waals surface area contributed by atoms with Crippen LogP contribution in [0.2, 0.25) is 5.02 Å². The van der Waals surface area contributed by atoms with E-state index >= 15 is 0 Å². The summed E-state index contributed by atoms with van der Waals surface area (Å²) >= 11 is 6.24. The Labute approximate surface area is 221 Å². The Hall–Kier alpha value is -3.22. The van der Waals surface area contributed by atoms with E-state index < -0.39 is 37.8 Å². The number of nitrogens with zero attached hydrogens (tertiary/aromatic N) is 2. The molecule has 0 aliphatic carbocycles. The second-order valence-corrected chi connectivity index (χ2v) is 10.6. The molecule has 3 aromatic rings. The maximum Gasteiger partial charge on any atom is 0.416 e. The van der Waals surface area contributed by atoms with E-state index in [0.717, 1.165) is 23.9 Å². The van der Waals surface area contributed by atoms with Crippen molar-refractivity contribution < 1.29 is 35.3 Å². The topological polar surface area (TPSA) is 99.6 Å². The standard InChI is InChI=1S/C25H22ClF4N3O4S/c1-14-2-5-17(25(28,29)30)12-20(14)32-22-19(13-31-23(21(22)26)38(35,36)37)24(34)33-10-8-16(9-11-33)15-3-6-18(27)7-4-15/h2-7,12-13,16H,8-11H2,1H3,(H,31,32)(H,35,36,37). The number of pyridine rings is 1. The molecule has 2 heterocycles. The van der Waals surface area contributed by atoms with Gasteiger partial charge in [0.25, 0.3) is 5.91 Å². The lowest BCUT2D eigenvalue weighted by atomic mass is 9.89. The van der Waals surface area contributed by atoms with Crippen molar-refractivity contribution in [3.05, 3.63) is 81.8 Å². The van der Waals surface area contributed by atoms with Crippen LogP contribution in [0.25, 0.3) is 0 Å². The van der Waals surface area contributed by atoms with Crippen molar-refractivity contribution in [1.82, 2.24) is 9.88 Å². The number of carbonyl (C=O) groups is 1. The van der Waals surface area contributed by atoms with Gasteiger partial charge in [-0.2, -0.15) is 21.6 Å². The fourth-order valence-corrected chi connectivity index (χ4v) is 5.33. The molecular formula is C25H22ClF4N3O4S. The highest BCUT2D eigenvalue weighted by atomic mass is 35.5. The summed E-state index contributed by atoms with van der Waals surface area (Å²) in [5.74, 6) is -0.838. The van der Waals surface area contributed by atoms with E-state index in [1.54, 1.807) is 12.1 Å². The number of anilines is 2. The number of alkyl halides is 3. The van der Waals surface area contributed by atoms with Gasteiger partial charge < -0.3 is 10.2 Å². The number of aromatic nitrogens is 1. The van der Waals surface area contributed by atoms with Crippen LogP contribution in [0.3, 0.4) is 0 Å². The van der Waals surface area contributed by atoms with Gasteiger partial charge in [0.1, 0.15) is 10.8 Å². The van der Waals surface area contributed by atoms with Crippen molar-refractivity contribution in [2.75, 3.05) is 18.4 Å². The molecule has 38 heavy (non-hydrogen) atoms. The molecule has 1 saturated heterocycles. The molecule has 0 radical (unpaired) electrons. The van der Waals surface area contributed by atoms with Gasteiger partial charge in [-0.15, -0.1) is 0 Å². The Balaban J connectivity index is 1.67. The highest BCUT2D eigenvalue weighted by Crippen LogP contribution is 2.38. The van der Waals surface area contributed by atoms with Crippen LogP contribution in [0, 0.1) is 12.7 Å². The van der Waals surface area contributed by atoms with Gasteiger partial charge in [-0.05, 0) is 61.1 Å². The average Bonchev–Trinajstić information content (AvgIpc) is 2.85. The van der Waals surface area contributed by atoms with Crippen LogP contribution in [-0.4, -0.2) is 41.9 Å². The number of likely N-dealkylation sites (tertiary alicyclic amines) is 1. The summed E-state index contributed by atoms with van der Waals surface area (Å²) in [6.07, 6.45) is -2.61. The number of halogens is 5. The molecule has 0 saturated carbocycles. The summed E-state index contributed by atoms with van der Waals surface area (Å²) < 4.78 is 86.3. The lowest BCUT2D eigenvalue weighted by Crippen LogP contribution is -2.38. The lowest BCUT2D eigenvalue weighted by molar-refractivity contribution is -0.137. The Morgan fingerprint density at radius 3 is 2.34 bits per heavy atom. The minimum absolute atomic E-state index is 0.0710. The monoisotopic (exact) mass is 571 g/mol. The minimum Gasteiger partial charge on any atom is -0.353 e. The van der Waals surface area contributed by atoms with Crippen LogP contribution in [0.4, 0.5) is 28.9 Å². The molecule has 1 amide bonds. The largest absolute Gasteiger partial charge is 0.416 e. The molecular weight excluding hydrogens is 550 g/mol. The molecule has 2 aromatic carbocycles. The average molecular weight is 572 g/mol. The molecule has 202 valence electrons. The molecule has 0 atom stereocenters. The van der Waals surface area contributed by atoms with Crippen molar-refractivity contribution in [3.63, 3.8) is 0 Å². The van der Waals surface area contributed by atoms with Gasteiger partial charge in [-0.3, -0.25) is 9.35 Å². The van der Waals surface area contributed by atoms with E-state index in [1.807, 2.05) is 0 Å². The predicted octanol–water partition coefficient (Wildman–Crippen LogP) is 6.21. The van der Waals surface area contributed by atoms with Crippen LogP contribution >= 0.6 is 11.6 Å². The SMILES string of the molecule is Cc1ccc(C(F)(F)F)cc1Nc1c(C(=O)N2CCC(c3ccc(F)cc3)CC2)cnc(S(=O)(=O)O)c1Cl. The van der Waals surface area contributed by atoms with E-state index in [0.29, 0.717) is 31.5 Å². The molecule has 0 spiro atoms. The van der Waals surface area contributed by atoms with E-state index in [2.05, 4.69) is 10.3 Å². The molecule has 0 unspecified atom stereocenters. The van der Waals surface area contributed by atoms with Gasteiger partial charge in [0.2, 0.25) is 5.03 Å². The van der Waals surface area contributed by atoms with Gasteiger partial charge >= 0.3 is 16.3 Å². The number of hydrogen-bond donors (Lipinski definition) is 2. The predicted molar refractivity (Wildman–Crippen MR) is 133 cm³/mol. The Morgan fingerprint density at radius 1 is 1.13 bits per heavy atom. The third-order valence-corrected chi connectivity index (χ3v) is 7.69. The molecule has 7 nitrogen and oxygen atoms in total. The van der Waals surface area contributed by atoms with Crippen LogP contribution in [0.15, 0.2) is 53.7 Å². The summed E-state index contributed by atoms with van der Waals surface area (Å²) in [7, 11) is -4.91. The normalized spacial score (nSPS) is 15.0. The van der Waals surface area contributed by atoms with E-state index in [1.165, 1.54) is 30.0 Å². The fourth-order valence-electron chi connectivity index (χ4n) is 4.32. The number of benzene rings is 2. The van der Waals surface area contributed by atoms with Gasteiger partial charge in [0.15, 0.2) is 0 Å². The van der Waals surface area contributed by atoms with Gasteiger partial charge in [-0.1, -0.05) is 29.8 Å². The number of carbonyl (C=O) groups excluding carboxylic acids is 1. The van der Waals surface area contributed by atoms with Crippen molar-refractivity contribution in [2.24, 2.45) is 0 Å². The summed E-state index contributed by atoms with van der Waals surface area (Å²) in [4.78, 5) is 18.6. The summed E-state index contributed by atoms with van der Waals surface area (Å²) in [6.45, 7) is 2.13. The summed E-state index contributed by atoms with van der Waals surface area (Å²) in [5, 5.41) is 1.07. The van der Waals surface area contributed by atoms with Crippen LogP contribution in [-0.2, 0) is 16.3 Å². The summed E-state index contributed by atoms with van der Waals surface area (Å²) in [5.41, 5.74) is -0.234. The van der Waals surface area contributed by atoms with E-state index in [9.17, 15) is 35.3 Å². The molecule has 13 heteroatoms. The van der Waals surface area contributed by atoms with Gasteiger partial charge in [0.05, 0.1) is 16.8 Å². The molecule has 1 fully saturated rings. The van der Waals surface area contributed by atoms with Gasteiger partial charge in [-0.25, -0.2) is 9.37 Å². The maximum atomic E-state index is 13.5. The zero-order valence-electron chi connectivity index (χ0n) is 19.9. The number of amides is 1. The first-order valence-electron chi connectivity index (χ1n) is 11.4. The molecule has 4 rings (SSSR count). The smallest absolute Gasteiger partial charge is 0.353 e. The Bertz CT molecular complexity index is 1470. The molecule has 1 aliphatic rings. The highest BCUT2D eigenvalue weighted by Gasteiger charge is 2.32. The number of piperidine rings is 1. The maximum absolute atomic E-state index is 13.5. The fraction of sp³-hybridized carbons (Fsp3) is 0.280. The van der Waals surface area contributed by atoms with Crippen LogP contribution < -0.4 is 5.32 Å². The third-order valence-electron chi connectivity index (χ3n) is 6.41. The first-order valence-corrected chi connectivity index (χ1v) is 13.2. The molecule has 1 aliphatic heterocycles. The van der Waals surface area contributed by atoms with Crippen molar-refractivity contribution in [2.45, 2.75) is 36.9 Å². The zero-order chi connectivity index (χ0) is 27.8.